The van der Waals surface area contributed by atoms with Crippen LogP contribution < -0.4 is 0 Å². The van der Waals surface area contributed by atoms with Crippen LogP contribution in [0, 0.1) is 12.3 Å². The first-order valence-electron chi connectivity index (χ1n) is 8.49. The zero-order valence-electron chi connectivity index (χ0n) is 13.9. The average Bonchev–Trinajstić information content (AvgIpc) is 3.14. The normalized spacial score (nSPS) is 21.6. The summed E-state index contributed by atoms with van der Waals surface area (Å²) >= 11 is 0. The van der Waals surface area contributed by atoms with Crippen molar-refractivity contribution >= 4 is 11.9 Å². The van der Waals surface area contributed by atoms with Crippen molar-refractivity contribution in [2.75, 3.05) is 13.1 Å². The molecular formula is C17H25N3O3. The lowest BCUT2D eigenvalue weighted by Crippen LogP contribution is -2.45. The van der Waals surface area contributed by atoms with Gasteiger partial charge >= 0.3 is 5.97 Å². The number of amides is 1. The van der Waals surface area contributed by atoms with Crippen LogP contribution in [0.3, 0.4) is 0 Å². The number of aromatic carboxylic acids is 1. The zero-order chi connectivity index (χ0) is 16.6. The van der Waals surface area contributed by atoms with E-state index < -0.39 is 5.97 Å². The predicted octanol–water partition coefficient (Wildman–Crippen LogP) is 2.63. The van der Waals surface area contributed by atoms with E-state index in [0.717, 1.165) is 51.6 Å². The van der Waals surface area contributed by atoms with E-state index in [0.29, 0.717) is 11.6 Å². The van der Waals surface area contributed by atoms with Gasteiger partial charge in [-0.1, -0.05) is 19.8 Å². The molecule has 6 nitrogen and oxygen atoms in total. The van der Waals surface area contributed by atoms with Gasteiger partial charge in [0.1, 0.15) is 5.56 Å². The third-order valence-corrected chi connectivity index (χ3v) is 5.60. The highest BCUT2D eigenvalue weighted by molar-refractivity contribution is 5.88. The van der Waals surface area contributed by atoms with Crippen LogP contribution >= 0.6 is 0 Å². The van der Waals surface area contributed by atoms with Gasteiger partial charge in [0.25, 0.3) is 0 Å². The number of hydrogen-bond acceptors (Lipinski definition) is 3. The van der Waals surface area contributed by atoms with Crippen molar-refractivity contribution in [3.8, 4) is 0 Å². The van der Waals surface area contributed by atoms with Gasteiger partial charge in [0.15, 0.2) is 0 Å². The van der Waals surface area contributed by atoms with E-state index in [1.807, 2.05) is 9.58 Å². The van der Waals surface area contributed by atoms with Crippen LogP contribution in [-0.4, -0.2) is 44.8 Å². The van der Waals surface area contributed by atoms with Crippen LogP contribution in [0.5, 0.6) is 0 Å². The van der Waals surface area contributed by atoms with Crippen LogP contribution in [0.1, 0.15) is 67.5 Å². The van der Waals surface area contributed by atoms with Crippen LogP contribution in [-0.2, 0) is 4.79 Å². The highest BCUT2D eigenvalue weighted by Crippen LogP contribution is 2.40. The molecular weight excluding hydrogens is 294 g/mol. The summed E-state index contributed by atoms with van der Waals surface area (Å²) in [6, 6.07) is 0.184. The SMILES string of the molecule is Cc1c(C(=O)O)cnn1C1CCN(C(=O)C2(C)CCCC2)CC1. The number of carbonyl (C=O) groups is 2. The van der Waals surface area contributed by atoms with Crippen LogP contribution in [0.2, 0.25) is 0 Å². The predicted molar refractivity (Wildman–Crippen MR) is 85.3 cm³/mol. The Kier molecular flexibility index (Phi) is 4.17. The fourth-order valence-corrected chi connectivity index (χ4v) is 4.07. The minimum absolute atomic E-state index is 0.162. The number of likely N-dealkylation sites (tertiary alicyclic amines) is 1. The van der Waals surface area contributed by atoms with Crippen molar-refractivity contribution in [1.82, 2.24) is 14.7 Å². The molecule has 3 rings (SSSR count). The van der Waals surface area contributed by atoms with E-state index in [1.165, 1.54) is 6.20 Å². The Hall–Kier alpha value is -1.85. The molecule has 0 aromatic carbocycles. The summed E-state index contributed by atoms with van der Waals surface area (Å²) < 4.78 is 1.82. The molecule has 1 amide bonds. The van der Waals surface area contributed by atoms with Crippen LogP contribution in [0.15, 0.2) is 6.20 Å². The maximum Gasteiger partial charge on any atom is 0.339 e. The second-order valence-corrected chi connectivity index (χ2v) is 7.18. The van der Waals surface area contributed by atoms with E-state index in [9.17, 15) is 9.59 Å². The number of nitrogens with zero attached hydrogens (tertiary/aromatic N) is 3. The molecule has 1 aromatic rings. The molecule has 0 spiro atoms. The Bertz CT molecular complexity index is 609. The molecule has 1 saturated carbocycles. The Labute approximate surface area is 136 Å². The molecule has 0 unspecified atom stereocenters. The first-order valence-corrected chi connectivity index (χ1v) is 8.49. The molecule has 1 aliphatic heterocycles. The summed E-state index contributed by atoms with van der Waals surface area (Å²) in [5.74, 6) is -0.632. The van der Waals surface area contributed by atoms with Crippen LogP contribution in [0.25, 0.3) is 0 Å². The molecule has 6 heteroatoms. The number of carbonyl (C=O) groups excluding carboxylic acids is 1. The van der Waals surface area contributed by atoms with Gasteiger partial charge in [0.05, 0.1) is 17.9 Å². The van der Waals surface area contributed by atoms with Crippen LogP contribution in [0.4, 0.5) is 0 Å². The minimum atomic E-state index is -0.935. The lowest BCUT2D eigenvalue weighted by atomic mass is 9.86. The van der Waals surface area contributed by atoms with Crippen molar-refractivity contribution in [1.29, 1.82) is 0 Å². The molecule has 1 aliphatic carbocycles. The number of hydrogen-bond donors (Lipinski definition) is 1. The van der Waals surface area contributed by atoms with Crippen molar-refractivity contribution in [3.05, 3.63) is 17.5 Å². The Balaban J connectivity index is 1.65. The summed E-state index contributed by atoms with van der Waals surface area (Å²) in [5, 5.41) is 13.4. The minimum Gasteiger partial charge on any atom is -0.478 e. The smallest absolute Gasteiger partial charge is 0.339 e. The highest BCUT2D eigenvalue weighted by atomic mass is 16.4. The second kappa shape index (κ2) is 5.98. The first-order chi connectivity index (χ1) is 10.9. The number of piperidine rings is 1. The second-order valence-electron chi connectivity index (χ2n) is 7.18. The third-order valence-electron chi connectivity index (χ3n) is 5.60. The number of carboxylic acids is 1. The summed E-state index contributed by atoms with van der Waals surface area (Å²) in [6.07, 6.45) is 7.42. The maximum absolute atomic E-state index is 12.8. The van der Waals surface area contributed by atoms with Gasteiger partial charge in [-0.3, -0.25) is 9.48 Å². The fourth-order valence-electron chi connectivity index (χ4n) is 4.07. The number of rotatable bonds is 3. The Morgan fingerprint density at radius 3 is 2.39 bits per heavy atom. The van der Waals surface area contributed by atoms with Crippen molar-refractivity contribution in [3.63, 3.8) is 0 Å². The molecule has 23 heavy (non-hydrogen) atoms. The molecule has 0 radical (unpaired) electrons. The van der Waals surface area contributed by atoms with Gasteiger partial charge in [-0.2, -0.15) is 5.10 Å². The number of carboxylic acid groups (broad SMARTS) is 1. The van der Waals surface area contributed by atoms with Crippen molar-refractivity contribution in [2.24, 2.45) is 5.41 Å². The molecule has 2 heterocycles. The topological polar surface area (TPSA) is 75.4 Å². The molecule has 2 aliphatic rings. The monoisotopic (exact) mass is 319 g/mol. The van der Waals surface area contributed by atoms with E-state index in [1.54, 1.807) is 6.92 Å². The molecule has 126 valence electrons. The van der Waals surface area contributed by atoms with Crippen molar-refractivity contribution in [2.45, 2.75) is 58.4 Å². The number of aromatic nitrogens is 2. The molecule has 0 bridgehead atoms. The summed E-state index contributed by atoms with van der Waals surface area (Å²) in [5.41, 5.74) is 0.803. The zero-order valence-corrected chi connectivity index (χ0v) is 13.9. The molecule has 1 N–H and O–H groups in total. The molecule has 1 saturated heterocycles. The first kappa shape index (κ1) is 16.0. The summed E-state index contributed by atoms with van der Waals surface area (Å²) in [4.78, 5) is 25.9. The van der Waals surface area contributed by atoms with E-state index >= 15 is 0 Å². The lowest BCUT2D eigenvalue weighted by Gasteiger charge is -2.37. The molecule has 1 aromatic heterocycles. The summed E-state index contributed by atoms with van der Waals surface area (Å²) in [6.45, 7) is 5.38. The summed E-state index contributed by atoms with van der Waals surface area (Å²) in [7, 11) is 0. The maximum atomic E-state index is 12.8. The Morgan fingerprint density at radius 1 is 1.26 bits per heavy atom. The Morgan fingerprint density at radius 2 is 1.87 bits per heavy atom. The lowest BCUT2D eigenvalue weighted by molar-refractivity contribution is -0.142. The third kappa shape index (κ3) is 2.86. The standard InChI is InChI=1S/C17H25N3O3/c1-12-14(15(21)22)11-18-20(12)13-5-9-19(10-6-13)16(23)17(2)7-3-4-8-17/h11,13H,3-10H2,1-2H3,(H,21,22). The quantitative estimate of drug-likeness (QED) is 0.929. The van der Waals surface area contributed by atoms with Gasteiger partial charge < -0.3 is 10.0 Å². The van der Waals surface area contributed by atoms with E-state index in [2.05, 4.69) is 12.0 Å². The van der Waals surface area contributed by atoms with Gasteiger partial charge in [-0.15, -0.1) is 0 Å². The van der Waals surface area contributed by atoms with E-state index in [4.69, 9.17) is 5.11 Å². The molecule has 0 atom stereocenters. The van der Waals surface area contributed by atoms with Gasteiger partial charge in [-0.05, 0) is 32.6 Å². The average molecular weight is 319 g/mol. The van der Waals surface area contributed by atoms with Gasteiger partial charge in [0.2, 0.25) is 5.91 Å². The van der Waals surface area contributed by atoms with Crippen molar-refractivity contribution < 1.29 is 14.7 Å². The van der Waals surface area contributed by atoms with Gasteiger partial charge in [-0.25, -0.2) is 4.79 Å². The fraction of sp³-hybridized carbons (Fsp3) is 0.706. The van der Waals surface area contributed by atoms with Gasteiger partial charge in [0, 0.05) is 18.5 Å². The molecule has 2 fully saturated rings. The highest BCUT2D eigenvalue weighted by Gasteiger charge is 2.40. The van der Waals surface area contributed by atoms with E-state index in [-0.39, 0.29) is 17.0 Å². The largest absolute Gasteiger partial charge is 0.478 e.